The molecule has 1 aromatic heterocycles. The molecule has 1 aliphatic carbocycles. The van der Waals surface area contributed by atoms with Crippen molar-refractivity contribution < 1.29 is 55.6 Å². The Hall–Kier alpha value is -2.45. The molecule has 2 saturated heterocycles. The van der Waals surface area contributed by atoms with Gasteiger partial charge in [0.05, 0.1) is 12.2 Å². The lowest BCUT2D eigenvalue weighted by atomic mass is 9.95. The maximum absolute atomic E-state index is 10.6. The minimum absolute atomic E-state index is 0.272. The highest BCUT2D eigenvalue weighted by molar-refractivity contribution is 5.73. The molecule has 3 heterocycles. The average molecular weight is 516 g/mol. The average Bonchev–Trinajstić information content (AvgIpc) is 3.46. The van der Waals surface area contributed by atoms with Crippen LogP contribution in [0.5, 0.6) is 0 Å². The molecule has 0 spiro atoms. The number of carboxylic acids is 2. The summed E-state index contributed by atoms with van der Waals surface area (Å²) in [5, 5.41) is 14.2. The first-order valence-corrected chi connectivity index (χ1v) is 10.8. The molecule has 1 aromatic rings. The second-order valence-corrected chi connectivity index (χ2v) is 8.23. The van der Waals surface area contributed by atoms with Crippen LogP contribution in [0.4, 0.5) is 26.3 Å². The van der Waals surface area contributed by atoms with E-state index in [1.54, 1.807) is 0 Å². The molecule has 2 aliphatic heterocycles. The number of piperidine rings is 1. The highest BCUT2D eigenvalue weighted by Crippen LogP contribution is 2.34. The quantitative estimate of drug-likeness (QED) is 0.573. The summed E-state index contributed by atoms with van der Waals surface area (Å²) in [6.07, 6.45) is -0.840. The van der Waals surface area contributed by atoms with Crippen LogP contribution in [-0.2, 0) is 25.6 Å². The smallest absolute Gasteiger partial charge is 0.475 e. The molecule has 3 aliphatic rings. The summed E-state index contributed by atoms with van der Waals surface area (Å²) < 4.78 is 75.6. The molecular weight excluding hydrogens is 490 g/mol. The molecule has 4 rings (SSSR count). The molecule has 0 aromatic carbocycles. The van der Waals surface area contributed by atoms with Gasteiger partial charge in [-0.2, -0.15) is 26.3 Å². The summed E-state index contributed by atoms with van der Waals surface area (Å²) in [6.45, 7) is 3.91. The van der Waals surface area contributed by atoms with Gasteiger partial charge in [-0.1, -0.05) is 6.07 Å². The van der Waals surface area contributed by atoms with Gasteiger partial charge >= 0.3 is 24.3 Å². The van der Waals surface area contributed by atoms with Crippen LogP contribution in [0.1, 0.15) is 31.2 Å². The van der Waals surface area contributed by atoms with E-state index < -0.39 is 24.3 Å². The largest absolute Gasteiger partial charge is 0.490 e. The highest BCUT2D eigenvalue weighted by atomic mass is 19.4. The standard InChI is InChI=1S/C17H24N2O2.2C2HF3O2/c1-2-14(10-18-7-1)11-19-8-5-16(21-12-13-3-4-13)17-15(19)6-9-20-17;2*3-2(4,5)1(6)7/h1-2,7,10,13,15-17H,3-6,8-9,11-12H2;2*(H,6,7)/t15-,16+,17-;;/m0../s1. The number of nitrogens with zero attached hydrogens (tertiary/aromatic N) is 2. The van der Waals surface area contributed by atoms with Gasteiger partial charge in [-0.15, -0.1) is 0 Å². The van der Waals surface area contributed by atoms with Crippen LogP contribution in [0.2, 0.25) is 0 Å². The van der Waals surface area contributed by atoms with E-state index in [0.29, 0.717) is 12.1 Å². The number of hydrogen-bond acceptors (Lipinski definition) is 6. The molecule has 0 unspecified atom stereocenters. The number of aromatic nitrogens is 1. The summed E-state index contributed by atoms with van der Waals surface area (Å²) in [5.74, 6) is -4.68. The fourth-order valence-electron chi connectivity index (χ4n) is 3.61. The van der Waals surface area contributed by atoms with Crippen molar-refractivity contribution in [1.29, 1.82) is 0 Å². The van der Waals surface area contributed by atoms with E-state index >= 15 is 0 Å². The molecule has 1 saturated carbocycles. The number of carbonyl (C=O) groups is 2. The first kappa shape index (κ1) is 28.8. The molecule has 3 fully saturated rings. The summed E-state index contributed by atoms with van der Waals surface area (Å²) in [4.78, 5) is 24.6. The van der Waals surface area contributed by atoms with Gasteiger partial charge < -0.3 is 19.7 Å². The molecule has 8 nitrogen and oxygen atoms in total. The third-order valence-electron chi connectivity index (χ3n) is 5.48. The van der Waals surface area contributed by atoms with Crippen LogP contribution in [0.3, 0.4) is 0 Å². The Kier molecular flexibility index (Phi) is 10.3. The van der Waals surface area contributed by atoms with Gasteiger partial charge in [0, 0.05) is 44.7 Å². The van der Waals surface area contributed by atoms with Crippen molar-refractivity contribution in [3.63, 3.8) is 0 Å². The zero-order chi connectivity index (χ0) is 26.2. The minimum atomic E-state index is -5.08. The molecule has 35 heavy (non-hydrogen) atoms. The third kappa shape index (κ3) is 9.98. The van der Waals surface area contributed by atoms with E-state index in [0.717, 1.165) is 45.1 Å². The predicted molar refractivity (Wildman–Crippen MR) is 107 cm³/mol. The molecule has 0 amide bonds. The number of likely N-dealkylation sites (tertiary alicyclic amines) is 1. The Morgan fingerprint density at radius 3 is 2.14 bits per heavy atom. The van der Waals surface area contributed by atoms with E-state index in [1.165, 1.54) is 18.4 Å². The minimum Gasteiger partial charge on any atom is -0.475 e. The molecule has 0 radical (unpaired) electrons. The number of carboxylic acid groups (broad SMARTS) is 2. The van der Waals surface area contributed by atoms with Crippen molar-refractivity contribution in [2.24, 2.45) is 5.92 Å². The van der Waals surface area contributed by atoms with Crippen molar-refractivity contribution in [3.05, 3.63) is 30.1 Å². The van der Waals surface area contributed by atoms with Crippen LogP contribution in [0.25, 0.3) is 0 Å². The van der Waals surface area contributed by atoms with E-state index in [-0.39, 0.29) is 6.10 Å². The first-order valence-electron chi connectivity index (χ1n) is 10.8. The van der Waals surface area contributed by atoms with Crippen molar-refractivity contribution in [1.82, 2.24) is 9.88 Å². The molecule has 2 N–H and O–H groups in total. The monoisotopic (exact) mass is 516 g/mol. The topological polar surface area (TPSA) is 109 Å². The van der Waals surface area contributed by atoms with Crippen LogP contribution < -0.4 is 0 Å². The fraction of sp³-hybridized carbons (Fsp3) is 0.667. The lowest BCUT2D eigenvalue weighted by Crippen LogP contribution is -2.52. The Labute approximate surface area is 196 Å². The number of rotatable bonds is 5. The lowest BCUT2D eigenvalue weighted by Gasteiger charge is -2.41. The number of pyridine rings is 1. The van der Waals surface area contributed by atoms with Gasteiger partial charge in [0.15, 0.2) is 0 Å². The summed E-state index contributed by atoms with van der Waals surface area (Å²) >= 11 is 0. The van der Waals surface area contributed by atoms with Crippen LogP contribution >= 0.6 is 0 Å². The van der Waals surface area contributed by atoms with Gasteiger partial charge in [-0.3, -0.25) is 9.88 Å². The summed E-state index contributed by atoms with van der Waals surface area (Å²) in [6, 6.07) is 4.69. The third-order valence-corrected chi connectivity index (χ3v) is 5.48. The predicted octanol–water partition coefficient (Wildman–Crippen LogP) is 3.51. The summed E-state index contributed by atoms with van der Waals surface area (Å²) in [7, 11) is 0. The van der Waals surface area contributed by atoms with Crippen molar-refractivity contribution in [2.45, 2.75) is 62.8 Å². The molecule has 198 valence electrons. The van der Waals surface area contributed by atoms with Crippen LogP contribution in [-0.4, -0.2) is 82.4 Å². The maximum atomic E-state index is 10.6. The zero-order valence-electron chi connectivity index (χ0n) is 18.5. The highest BCUT2D eigenvalue weighted by Gasteiger charge is 2.43. The van der Waals surface area contributed by atoms with Crippen LogP contribution in [0, 0.1) is 5.92 Å². The number of alkyl halides is 6. The normalized spacial score (nSPS) is 24.3. The zero-order valence-corrected chi connectivity index (χ0v) is 18.5. The van der Waals surface area contributed by atoms with Gasteiger partial charge in [0.2, 0.25) is 0 Å². The molecule has 3 atom stereocenters. The van der Waals surface area contributed by atoms with Gasteiger partial charge in [0.25, 0.3) is 0 Å². The van der Waals surface area contributed by atoms with Gasteiger partial charge in [-0.25, -0.2) is 9.59 Å². The van der Waals surface area contributed by atoms with Crippen molar-refractivity contribution in [2.75, 3.05) is 19.8 Å². The number of halogens is 6. The Morgan fingerprint density at radius 1 is 1.06 bits per heavy atom. The van der Waals surface area contributed by atoms with Gasteiger partial charge in [0.1, 0.15) is 0 Å². The maximum Gasteiger partial charge on any atom is 0.490 e. The second kappa shape index (κ2) is 12.5. The Morgan fingerprint density at radius 2 is 1.66 bits per heavy atom. The lowest BCUT2D eigenvalue weighted by molar-refractivity contribution is -0.193. The van der Waals surface area contributed by atoms with E-state index in [9.17, 15) is 26.3 Å². The van der Waals surface area contributed by atoms with Crippen molar-refractivity contribution >= 4 is 11.9 Å². The second-order valence-electron chi connectivity index (χ2n) is 8.23. The Bertz CT molecular complexity index is 795. The Balaban J connectivity index is 0.000000257. The molecular formula is C21H26F6N2O6. The SMILES string of the molecule is O=C(O)C(F)(F)F.O=C(O)C(F)(F)F.c1cncc(CN2CC[C@@H](OCC3CC3)[C@H]3OCC[C@@H]32)c1. The number of hydrogen-bond donors (Lipinski definition) is 2. The van der Waals surface area contributed by atoms with E-state index in [4.69, 9.17) is 29.3 Å². The molecule has 14 heteroatoms. The summed E-state index contributed by atoms with van der Waals surface area (Å²) in [5.41, 5.74) is 1.29. The van der Waals surface area contributed by atoms with Gasteiger partial charge in [-0.05, 0) is 43.2 Å². The number of aliphatic carboxylic acids is 2. The first-order chi connectivity index (χ1) is 16.3. The fourth-order valence-corrected chi connectivity index (χ4v) is 3.61. The van der Waals surface area contributed by atoms with E-state index in [1.807, 2.05) is 18.5 Å². The number of ether oxygens (including phenoxy) is 2. The molecule has 0 bridgehead atoms. The number of fused-ring (bicyclic) bond motifs is 1. The van der Waals surface area contributed by atoms with E-state index in [2.05, 4.69) is 16.0 Å². The van der Waals surface area contributed by atoms with Crippen LogP contribution in [0.15, 0.2) is 24.5 Å². The van der Waals surface area contributed by atoms with Crippen molar-refractivity contribution in [3.8, 4) is 0 Å².